The molecule has 0 bridgehead atoms. The molecule has 2 aromatic heterocycles. The summed E-state index contributed by atoms with van der Waals surface area (Å²) in [5.74, 6) is 0.562. The van der Waals surface area contributed by atoms with Gasteiger partial charge in [0.15, 0.2) is 0 Å². The van der Waals surface area contributed by atoms with Crippen molar-refractivity contribution in [2.45, 2.75) is 12.3 Å². The molecule has 1 unspecified atom stereocenters. The van der Waals surface area contributed by atoms with Crippen LogP contribution in [0.4, 0.5) is 10.2 Å². The molecule has 4 nitrogen and oxygen atoms in total. The normalized spacial score (nSPS) is 19.2. The Hall–Kier alpha value is -2.04. The summed E-state index contributed by atoms with van der Waals surface area (Å²) >= 11 is 0. The highest BCUT2D eigenvalue weighted by Crippen LogP contribution is 2.28. The Labute approximate surface area is 105 Å². The lowest BCUT2D eigenvalue weighted by Gasteiger charge is -2.16. The van der Waals surface area contributed by atoms with Gasteiger partial charge in [-0.3, -0.25) is 4.98 Å². The molecule has 0 aliphatic carbocycles. The number of anilines is 1. The van der Waals surface area contributed by atoms with Crippen molar-refractivity contribution < 1.29 is 4.39 Å². The first-order chi connectivity index (χ1) is 8.83. The van der Waals surface area contributed by atoms with E-state index in [4.69, 9.17) is 0 Å². The van der Waals surface area contributed by atoms with E-state index in [-0.39, 0.29) is 0 Å². The standard InChI is InChI=1S/C13H13FN4/c14-12-7-13(17-9-16-12)18-6-4-10(8-18)11-3-1-2-5-15-11/h1-3,5,7,9-10H,4,6,8H2. The lowest BCUT2D eigenvalue weighted by atomic mass is 10.0. The topological polar surface area (TPSA) is 41.9 Å². The highest BCUT2D eigenvalue weighted by Gasteiger charge is 2.25. The van der Waals surface area contributed by atoms with Crippen molar-refractivity contribution in [1.82, 2.24) is 15.0 Å². The lowest BCUT2D eigenvalue weighted by molar-refractivity contribution is 0.578. The minimum Gasteiger partial charge on any atom is -0.356 e. The maximum atomic E-state index is 13.1. The van der Waals surface area contributed by atoms with Crippen LogP contribution in [0.15, 0.2) is 36.8 Å². The largest absolute Gasteiger partial charge is 0.356 e. The van der Waals surface area contributed by atoms with Gasteiger partial charge >= 0.3 is 0 Å². The number of aromatic nitrogens is 3. The molecule has 0 saturated carbocycles. The molecule has 1 saturated heterocycles. The number of nitrogens with zero attached hydrogens (tertiary/aromatic N) is 4. The predicted octanol–water partition coefficient (Wildman–Crippen LogP) is 2.00. The minimum absolute atomic E-state index is 0.393. The van der Waals surface area contributed by atoms with Crippen LogP contribution < -0.4 is 4.90 Å². The van der Waals surface area contributed by atoms with Crippen molar-refractivity contribution >= 4 is 5.82 Å². The van der Waals surface area contributed by atoms with Crippen LogP contribution in [0.2, 0.25) is 0 Å². The summed E-state index contributed by atoms with van der Waals surface area (Å²) in [6.45, 7) is 1.70. The van der Waals surface area contributed by atoms with Crippen molar-refractivity contribution in [2.24, 2.45) is 0 Å². The third-order valence-electron chi connectivity index (χ3n) is 3.24. The summed E-state index contributed by atoms with van der Waals surface area (Å²) in [4.78, 5) is 14.0. The fourth-order valence-corrected chi connectivity index (χ4v) is 2.32. The molecule has 0 N–H and O–H groups in total. The Morgan fingerprint density at radius 1 is 1.22 bits per heavy atom. The molecule has 1 fully saturated rings. The number of rotatable bonds is 2. The van der Waals surface area contributed by atoms with Gasteiger partial charge in [-0.25, -0.2) is 9.97 Å². The Kier molecular flexibility index (Phi) is 2.88. The number of hydrogen-bond acceptors (Lipinski definition) is 4. The van der Waals surface area contributed by atoms with Crippen LogP contribution in [-0.2, 0) is 0 Å². The van der Waals surface area contributed by atoms with Gasteiger partial charge in [0.2, 0.25) is 5.95 Å². The first-order valence-electron chi connectivity index (χ1n) is 5.96. The fourth-order valence-electron chi connectivity index (χ4n) is 2.32. The van der Waals surface area contributed by atoms with E-state index in [1.54, 1.807) is 0 Å². The average Bonchev–Trinajstić information content (AvgIpc) is 2.89. The van der Waals surface area contributed by atoms with Crippen molar-refractivity contribution in [3.05, 3.63) is 48.4 Å². The molecule has 0 amide bonds. The third-order valence-corrected chi connectivity index (χ3v) is 3.24. The van der Waals surface area contributed by atoms with Gasteiger partial charge in [0.05, 0.1) is 0 Å². The minimum atomic E-state index is -0.485. The molecule has 0 radical (unpaired) electrons. The van der Waals surface area contributed by atoms with Crippen LogP contribution in [0, 0.1) is 5.95 Å². The van der Waals surface area contributed by atoms with Crippen LogP contribution in [0.5, 0.6) is 0 Å². The Balaban J connectivity index is 1.76. The Morgan fingerprint density at radius 3 is 2.94 bits per heavy atom. The summed E-state index contributed by atoms with van der Waals surface area (Å²) in [7, 11) is 0. The molecule has 0 aromatic carbocycles. The number of hydrogen-bond donors (Lipinski definition) is 0. The maximum absolute atomic E-state index is 13.1. The Morgan fingerprint density at radius 2 is 2.17 bits per heavy atom. The van der Waals surface area contributed by atoms with E-state index in [9.17, 15) is 4.39 Å². The lowest BCUT2D eigenvalue weighted by Crippen LogP contribution is -2.20. The first-order valence-corrected chi connectivity index (χ1v) is 5.96. The summed E-state index contributed by atoms with van der Waals surface area (Å²) in [5, 5.41) is 0. The average molecular weight is 244 g/mol. The predicted molar refractivity (Wildman–Crippen MR) is 65.8 cm³/mol. The van der Waals surface area contributed by atoms with Gasteiger partial charge in [-0.1, -0.05) is 6.07 Å². The zero-order chi connectivity index (χ0) is 12.4. The van der Waals surface area contributed by atoms with Gasteiger partial charge in [-0.05, 0) is 18.6 Å². The highest BCUT2D eigenvalue weighted by atomic mass is 19.1. The fraction of sp³-hybridized carbons (Fsp3) is 0.308. The maximum Gasteiger partial charge on any atom is 0.218 e. The van der Waals surface area contributed by atoms with E-state index in [2.05, 4.69) is 19.9 Å². The molecule has 3 rings (SSSR count). The van der Waals surface area contributed by atoms with Gasteiger partial charge in [0.1, 0.15) is 12.1 Å². The van der Waals surface area contributed by atoms with E-state index in [1.807, 2.05) is 24.4 Å². The molecule has 1 aliphatic rings. The van der Waals surface area contributed by atoms with E-state index in [0.29, 0.717) is 11.7 Å². The van der Waals surface area contributed by atoms with Crippen LogP contribution >= 0.6 is 0 Å². The molecular weight excluding hydrogens is 231 g/mol. The molecule has 18 heavy (non-hydrogen) atoms. The van der Waals surface area contributed by atoms with Gasteiger partial charge in [-0.15, -0.1) is 0 Å². The second-order valence-electron chi connectivity index (χ2n) is 4.39. The molecule has 5 heteroatoms. The molecule has 3 heterocycles. The van der Waals surface area contributed by atoms with E-state index < -0.39 is 5.95 Å². The smallest absolute Gasteiger partial charge is 0.218 e. The van der Waals surface area contributed by atoms with Gasteiger partial charge < -0.3 is 4.90 Å². The third kappa shape index (κ3) is 2.16. The first kappa shape index (κ1) is 11.1. The van der Waals surface area contributed by atoms with Crippen LogP contribution in [0.25, 0.3) is 0 Å². The molecule has 1 atom stereocenters. The summed E-state index contributed by atoms with van der Waals surface area (Å²) in [6, 6.07) is 7.32. The Bertz CT molecular complexity index is 532. The highest BCUT2D eigenvalue weighted by molar-refractivity contribution is 5.39. The molecular formula is C13H13FN4. The molecule has 1 aliphatic heterocycles. The van der Waals surface area contributed by atoms with E-state index >= 15 is 0 Å². The van der Waals surface area contributed by atoms with E-state index in [1.165, 1.54) is 12.4 Å². The van der Waals surface area contributed by atoms with Gasteiger partial charge in [0.25, 0.3) is 0 Å². The summed E-state index contributed by atoms with van der Waals surface area (Å²) in [6.07, 6.45) is 4.09. The molecule has 0 spiro atoms. The zero-order valence-electron chi connectivity index (χ0n) is 9.83. The molecule has 92 valence electrons. The van der Waals surface area contributed by atoms with Crippen molar-refractivity contribution in [3.63, 3.8) is 0 Å². The molecule has 2 aromatic rings. The summed E-state index contributed by atoms with van der Waals surface area (Å²) in [5.41, 5.74) is 1.09. The number of pyridine rings is 1. The van der Waals surface area contributed by atoms with Crippen molar-refractivity contribution in [1.29, 1.82) is 0 Å². The van der Waals surface area contributed by atoms with Gasteiger partial charge in [-0.2, -0.15) is 4.39 Å². The second-order valence-corrected chi connectivity index (χ2v) is 4.39. The van der Waals surface area contributed by atoms with Crippen LogP contribution in [-0.4, -0.2) is 28.0 Å². The van der Waals surface area contributed by atoms with E-state index in [0.717, 1.165) is 25.2 Å². The SMILES string of the molecule is Fc1cc(N2CCC(c3ccccn3)C2)ncn1. The zero-order valence-corrected chi connectivity index (χ0v) is 9.83. The number of halogens is 1. The monoisotopic (exact) mass is 244 g/mol. The van der Waals surface area contributed by atoms with Crippen molar-refractivity contribution in [3.8, 4) is 0 Å². The second kappa shape index (κ2) is 4.68. The quantitative estimate of drug-likeness (QED) is 0.758. The van der Waals surface area contributed by atoms with Gasteiger partial charge in [0, 0.05) is 37.0 Å². The van der Waals surface area contributed by atoms with Crippen molar-refractivity contribution in [2.75, 3.05) is 18.0 Å². The summed E-state index contributed by atoms with van der Waals surface area (Å²) < 4.78 is 13.1. The van der Waals surface area contributed by atoms with Crippen LogP contribution in [0.3, 0.4) is 0 Å². The van der Waals surface area contributed by atoms with Crippen LogP contribution in [0.1, 0.15) is 18.0 Å².